The first-order valence-electron chi connectivity index (χ1n) is 5.59. The van der Waals surface area contributed by atoms with Crippen molar-refractivity contribution in [2.24, 2.45) is 0 Å². The van der Waals surface area contributed by atoms with E-state index in [0.717, 1.165) is 15.8 Å². The fraction of sp³-hybridized carbons (Fsp3) is 0.231. The van der Waals surface area contributed by atoms with Crippen LogP contribution in [0.3, 0.4) is 0 Å². The minimum absolute atomic E-state index is 0.554. The molecule has 0 aliphatic carbocycles. The van der Waals surface area contributed by atoms with E-state index in [4.69, 9.17) is 9.15 Å². The van der Waals surface area contributed by atoms with Gasteiger partial charge in [0.2, 0.25) is 5.89 Å². The lowest BCUT2D eigenvalue weighted by atomic mass is 10.1. The molecule has 100 valence electrons. The van der Waals surface area contributed by atoms with Crippen molar-refractivity contribution in [1.29, 1.82) is 0 Å². The molecular formula is C13H13BrN2O2S. The minimum atomic E-state index is 0.554. The zero-order valence-corrected chi connectivity index (χ0v) is 12.8. The molecule has 0 aliphatic rings. The number of thioether (sulfide) groups is 1. The summed E-state index contributed by atoms with van der Waals surface area (Å²) in [5.41, 5.74) is 1.07. The van der Waals surface area contributed by atoms with Crippen LogP contribution in [-0.2, 0) is 6.42 Å². The van der Waals surface area contributed by atoms with Crippen molar-refractivity contribution in [3.8, 4) is 5.75 Å². The van der Waals surface area contributed by atoms with Crippen LogP contribution in [0.4, 0.5) is 0 Å². The highest BCUT2D eigenvalue weighted by Crippen LogP contribution is 2.22. The van der Waals surface area contributed by atoms with Gasteiger partial charge in [-0.2, -0.15) is 0 Å². The molecule has 1 heterocycles. The first kappa shape index (κ1) is 14.1. The average Bonchev–Trinajstić information content (AvgIpc) is 2.84. The molecule has 0 saturated carbocycles. The number of rotatable bonds is 6. The number of hydrogen-bond acceptors (Lipinski definition) is 5. The van der Waals surface area contributed by atoms with Gasteiger partial charge in [-0.05, 0) is 22.2 Å². The quantitative estimate of drug-likeness (QED) is 0.751. The van der Waals surface area contributed by atoms with Crippen LogP contribution < -0.4 is 4.74 Å². The van der Waals surface area contributed by atoms with Gasteiger partial charge in [-0.15, -0.1) is 10.2 Å². The van der Waals surface area contributed by atoms with Gasteiger partial charge in [-0.25, -0.2) is 0 Å². The molecule has 0 bridgehead atoms. The van der Waals surface area contributed by atoms with Crippen molar-refractivity contribution in [1.82, 2.24) is 10.2 Å². The third kappa shape index (κ3) is 4.40. The molecule has 2 rings (SSSR count). The summed E-state index contributed by atoms with van der Waals surface area (Å²) in [4.78, 5) is 0. The van der Waals surface area contributed by atoms with E-state index in [1.54, 1.807) is 7.11 Å². The van der Waals surface area contributed by atoms with E-state index >= 15 is 0 Å². The lowest BCUT2D eigenvalue weighted by Crippen LogP contribution is -1.90. The molecule has 19 heavy (non-hydrogen) atoms. The van der Waals surface area contributed by atoms with Gasteiger partial charge in [-0.1, -0.05) is 46.4 Å². The number of benzene rings is 1. The number of hydrogen-bond donors (Lipinski definition) is 0. The van der Waals surface area contributed by atoms with E-state index in [-0.39, 0.29) is 0 Å². The Balaban J connectivity index is 2.00. The Kier molecular flexibility index (Phi) is 5.04. The average molecular weight is 341 g/mol. The highest BCUT2D eigenvalue weighted by molar-refractivity contribution is 9.11. The second-order valence-electron chi connectivity index (χ2n) is 3.80. The van der Waals surface area contributed by atoms with Crippen molar-refractivity contribution in [2.75, 3.05) is 12.9 Å². The second kappa shape index (κ2) is 6.77. The Morgan fingerprint density at radius 1 is 1.47 bits per heavy atom. The molecule has 0 N–H and O–H groups in total. The van der Waals surface area contributed by atoms with Crippen molar-refractivity contribution in [3.63, 3.8) is 0 Å². The summed E-state index contributed by atoms with van der Waals surface area (Å²) in [5, 5.41) is 8.56. The zero-order chi connectivity index (χ0) is 13.7. The van der Waals surface area contributed by atoms with Gasteiger partial charge in [-0.3, -0.25) is 0 Å². The molecule has 0 unspecified atom stereocenters. The van der Waals surface area contributed by atoms with Crippen molar-refractivity contribution in [2.45, 2.75) is 11.6 Å². The molecule has 0 saturated heterocycles. The van der Waals surface area contributed by atoms with E-state index < -0.39 is 0 Å². The monoisotopic (exact) mass is 340 g/mol. The highest BCUT2D eigenvalue weighted by Gasteiger charge is 2.08. The topological polar surface area (TPSA) is 48.2 Å². The lowest BCUT2D eigenvalue weighted by molar-refractivity contribution is 0.412. The van der Waals surface area contributed by atoms with Gasteiger partial charge < -0.3 is 9.15 Å². The van der Waals surface area contributed by atoms with E-state index in [1.807, 2.05) is 24.3 Å². The van der Waals surface area contributed by atoms with Crippen LogP contribution in [0, 0.1) is 0 Å². The number of methoxy groups -OCH3 is 1. The van der Waals surface area contributed by atoms with Gasteiger partial charge in [0.25, 0.3) is 5.22 Å². The Morgan fingerprint density at radius 3 is 3.05 bits per heavy atom. The van der Waals surface area contributed by atoms with Crippen LogP contribution >= 0.6 is 27.7 Å². The first-order valence-corrected chi connectivity index (χ1v) is 7.36. The largest absolute Gasteiger partial charge is 0.497 e. The van der Waals surface area contributed by atoms with Gasteiger partial charge in [0.1, 0.15) is 5.75 Å². The van der Waals surface area contributed by atoms with Crippen LogP contribution in [0.25, 0.3) is 0 Å². The summed E-state index contributed by atoms with van der Waals surface area (Å²) in [6.07, 6.45) is 0.597. The summed E-state index contributed by atoms with van der Waals surface area (Å²) in [7, 11) is 1.65. The molecule has 6 heteroatoms. The molecule has 4 nitrogen and oxygen atoms in total. The summed E-state index contributed by atoms with van der Waals surface area (Å²) in [6.45, 7) is 3.76. The molecule has 1 aromatic carbocycles. The van der Waals surface area contributed by atoms with E-state index in [1.165, 1.54) is 11.8 Å². The lowest BCUT2D eigenvalue weighted by Gasteiger charge is -2.01. The van der Waals surface area contributed by atoms with Crippen LogP contribution in [0.5, 0.6) is 5.75 Å². The maximum atomic E-state index is 5.55. The Morgan fingerprint density at radius 2 is 2.32 bits per heavy atom. The van der Waals surface area contributed by atoms with Crippen molar-refractivity contribution < 1.29 is 9.15 Å². The first-order chi connectivity index (χ1) is 9.17. The van der Waals surface area contributed by atoms with Gasteiger partial charge in [0.15, 0.2) is 0 Å². The predicted molar refractivity (Wildman–Crippen MR) is 78.9 cm³/mol. The fourth-order valence-corrected chi connectivity index (χ4v) is 2.34. The van der Waals surface area contributed by atoms with Gasteiger partial charge in [0, 0.05) is 5.75 Å². The maximum absolute atomic E-state index is 5.55. The smallest absolute Gasteiger partial charge is 0.276 e. The molecule has 0 atom stereocenters. The molecule has 2 aromatic rings. The molecule has 0 amide bonds. The SMILES string of the molecule is C=C(Br)CSc1nnc(Cc2cccc(OC)c2)o1. The van der Waals surface area contributed by atoms with Crippen LogP contribution in [0.1, 0.15) is 11.5 Å². The number of halogens is 1. The molecular weight excluding hydrogens is 328 g/mol. The molecule has 0 fully saturated rings. The van der Waals surface area contributed by atoms with E-state index in [2.05, 4.69) is 32.7 Å². The van der Waals surface area contributed by atoms with Gasteiger partial charge >= 0.3 is 0 Å². The van der Waals surface area contributed by atoms with Crippen molar-refractivity contribution >= 4 is 27.7 Å². The van der Waals surface area contributed by atoms with Gasteiger partial charge in [0.05, 0.1) is 13.5 Å². The Hall–Kier alpha value is -1.27. The molecule has 0 aliphatic heterocycles. The molecule has 0 spiro atoms. The summed E-state index contributed by atoms with van der Waals surface area (Å²) in [5.74, 6) is 2.12. The highest BCUT2D eigenvalue weighted by atomic mass is 79.9. The summed E-state index contributed by atoms with van der Waals surface area (Å²) < 4.78 is 11.6. The summed E-state index contributed by atoms with van der Waals surface area (Å²) in [6, 6.07) is 7.80. The van der Waals surface area contributed by atoms with Crippen LogP contribution in [0.2, 0.25) is 0 Å². The molecule has 1 aromatic heterocycles. The predicted octanol–water partition coefficient (Wildman–Crippen LogP) is 3.67. The zero-order valence-electron chi connectivity index (χ0n) is 10.4. The second-order valence-corrected chi connectivity index (χ2v) is 5.84. The van der Waals surface area contributed by atoms with Crippen molar-refractivity contribution in [3.05, 3.63) is 46.8 Å². The fourth-order valence-electron chi connectivity index (χ4n) is 1.47. The van der Waals surface area contributed by atoms with Crippen LogP contribution in [0.15, 0.2) is 45.0 Å². The maximum Gasteiger partial charge on any atom is 0.276 e. The Labute approximate surface area is 124 Å². The normalized spacial score (nSPS) is 10.4. The number of ether oxygens (including phenoxy) is 1. The number of aromatic nitrogens is 2. The third-order valence-electron chi connectivity index (χ3n) is 2.29. The van der Waals surface area contributed by atoms with E-state index in [0.29, 0.717) is 23.3 Å². The minimum Gasteiger partial charge on any atom is -0.497 e. The standard InChI is InChI=1S/C13H13BrN2O2S/c1-9(14)8-19-13-16-15-12(18-13)7-10-4-3-5-11(6-10)17-2/h3-6H,1,7-8H2,2H3. The van der Waals surface area contributed by atoms with E-state index in [9.17, 15) is 0 Å². The number of nitrogens with zero attached hydrogens (tertiary/aromatic N) is 2. The Bertz CT molecular complexity index is 571. The molecule has 0 radical (unpaired) electrons. The van der Waals surface area contributed by atoms with Crippen LogP contribution in [-0.4, -0.2) is 23.1 Å². The third-order valence-corrected chi connectivity index (χ3v) is 3.85. The summed E-state index contributed by atoms with van der Waals surface area (Å²) >= 11 is 4.75.